The zero-order chi connectivity index (χ0) is 26.4. The van der Waals surface area contributed by atoms with Gasteiger partial charge in [-0.3, -0.25) is 19.7 Å². The van der Waals surface area contributed by atoms with E-state index in [9.17, 15) is 18.4 Å². The van der Waals surface area contributed by atoms with E-state index < -0.39 is 11.6 Å². The van der Waals surface area contributed by atoms with Gasteiger partial charge in [0, 0.05) is 42.1 Å². The summed E-state index contributed by atoms with van der Waals surface area (Å²) in [4.78, 5) is 36.4. The largest absolute Gasteiger partial charge is 0.491 e. The molecule has 1 spiro atoms. The van der Waals surface area contributed by atoms with Crippen molar-refractivity contribution in [2.24, 2.45) is 5.92 Å². The molecule has 5 heterocycles. The van der Waals surface area contributed by atoms with Gasteiger partial charge in [0.25, 0.3) is 5.91 Å². The van der Waals surface area contributed by atoms with Crippen LogP contribution in [0.1, 0.15) is 54.3 Å². The van der Waals surface area contributed by atoms with Crippen molar-refractivity contribution in [2.45, 2.75) is 43.7 Å². The number of nitrogens with one attached hydrogen (secondary N) is 2. The van der Waals surface area contributed by atoms with Crippen LogP contribution in [0.25, 0.3) is 11.3 Å². The lowest BCUT2D eigenvalue weighted by Gasteiger charge is -2.40. The fourth-order valence-electron chi connectivity index (χ4n) is 5.46. The number of halogens is 2. The number of likely N-dealkylation sites (tertiary alicyclic amines) is 1. The minimum absolute atomic E-state index is 0.0988. The molecule has 1 saturated heterocycles. The lowest BCUT2D eigenvalue weighted by atomic mass is 9.87. The maximum absolute atomic E-state index is 14.3. The van der Waals surface area contributed by atoms with Crippen LogP contribution in [0.15, 0.2) is 30.6 Å². The average Bonchev–Trinajstić information content (AvgIpc) is 3.49. The van der Waals surface area contributed by atoms with Crippen LogP contribution in [0.5, 0.6) is 11.6 Å². The number of hydrogen-bond donors (Lipinski definition) is 2. The first-order valence-electron chi connectivity index (χ1n) is 12.5. The first-order chi connectivity index (χ1) is 18.4. The van der Waals surface area contributed by atoms with Gasteiger partial charge in [-0.25, -0.2) is 13.8 Å². The van der Waals surface area contributed by atoms with E-state index in [0.29, 0.717) is 43.9 Å². The van der Waals surface area contributed by atoms with E-state index in [1.54, 1.807) is 0 Å². The first-order valence-corrected chi connectivity index (χ1v) is 12.5. The fraction of sp³-hybridized carbons (Fsp3) is 0.423. The summed E-state index contributed by atoms with van der Waals surface area (Å²) >= 11 is 0. The number of amides is 2. The molecule has 2 atom stereocenters. The maximum Gasteiger partial charge on any atom is 0.272 e. The SMILES string of the molecule is COc1cc(-c2cc(C(=O)N3CC[C@H](C(=O)NC4CCOc5cc(F)cnc54)CC34CC4)[nH]n2)c(F)cn1. The van der Waals surface area contributed by atoms with Crippen LogP contribution in [0.4, 0.5) is 8.78 Å². The molecule has 12 heteroatoms. The van der Waals surface area contributed by atoms with E-state index in [0.717, 1.165) is 25.2 Å². The molecule has 198 valence electrons. The molecule has 1 aliphatic carbocycles. The highest BCUT2D eigenvalue weighted by Crippen LogP contribution is 2.50. The predicted molar refractivity (Wildman–Crippen MR) is 129 cm³/mol. The van der Waals surface area contributed by atoms with Gasteiger partial charge in [-0.05, 0) is 31.7 Å². The van der Waals surface area contributed by atoms with Crippen molar-refractivity contribution < 1.29 is 27.8 Å². The second-order valence-corrected chi connectivity index (χ2v) is 9.98. The second-order valence-electron chi connectivity index (χ2n) is 9.98. The third-order valence-corrected chi connectivity index (χ3v) is 7.63. The molecule has 2 N–H and O–H groups in total. The number of carbonyl (C=O) groups excluding carboxylic acids is 2. The Kier molecular flexibility index (Phi) is 5.96. The molecule has 1 unspecified atom stereocenters. The Balaban J connectivity index is 1.14. The summed E-state index contributed by atoms with van der Waals surface area (Å²) in [5.41, 5.74) is 0.842. The quantitative estimate of drug-likeness (QED) is 0.526. The molecule has 2 amide bonds. The van der Waals surface area contributed by atoms with Gasteiger partial charge in [0.1, 0.15) is 23.0 Å². The lowest BCUT2D eigenvalue weighted by molar-refractivity contribution is -0.128. The highest BCUT2D eigenvalue weighted by molar-refractivity contribution is 5.94. The topological polar surface area (TPSA) is 122 Å². The monoisotopic (exact) mass is 524 g/mol. The summed E-state index contributed by atoms with van der Waals surface area (Å²) in [6.45, 7) is 0.777. The molecule has 0 bridgehead atoms. The molecule has 0 radical (unpaired) electrons. The average molecular weight is 525 g/mol. The molecule has 2 aliphatic heterocycles. The molecule has 1 saturated carbocycles. The van der Waals surface area contributed by atoms with Crippen molar-refractivity contribution in [1.82, 2.24) is 30.4 Å². The van der Waals surface area contributed by atoms with E-state index in [-0.39, 0.29) is 52.1 Å². The van der Waals surface area contributed by atoms with Crippen LogP contribution < -0.4 is 14.8 Å². The molecular weight excluding hydrogens is 498 g/mol. The van der Waals surface area contributed by atoms with Gasteiger partial charge in [0.15, 0.2) is 5.82 Å². The maximum atomic E-state index is 14.3. The first kappa shape index (κ1) is 24.3. The molecule has 10 nitrogen and oxygen atoms in total. The Morgan fingerprint density at radius 2 is 2.03 bits per heavy atom. The molecule has 0 aromatic carbocycles. The summed E-state index contributed by atoms with van der Waals surface area (Å²) in [5, 5.41) is 9.95. The van der Waals surface area contributed by atoms with E-state index in [4.69, 9.17) is 9.47 Å². The van der Waals surface area contributed by atoms with E-state index in [1.165, 1.54) is 25.3 Å². The molecule has 38 heavy (non-hydrogen) atoms. The molecule has 3 aromatic rings. The number of fused-ring (bicyclic) bond motifs is 1. The van der Waals surface area contributed by atoms with Gasteiger partial charge in [0.2, 0.25) is 11.8 Å². The molecule has 2 fully saturated rings. The predicted octanol–water partition coefficient (Wildman–Crippen LogP) is 3.18. The third kappa shape index (κ3) is 4.33. The summed E-state index contributed by atoms with van der Waals surface area (Å²) in [7, 11) is 1.43. The van der Waals surface area contributed by atoms with Gasteiger partial charge in [0.05, 0.1) is 37.8 Å². The number of nitrogens with zero attached hydrogens (tertiary/aromatic N) is 4. The molecule has 3 aromatic heterocycles. The number of aromatic nitrogens is 4. The van der Waals surface area contributed by atoms with Crippen LogP contribution in [0.2, 0.25) is 0 Å². The number of pyridine rings is 2. The Labute approximate surface area is 216 Å². The van der Waals surface area contributed by atoms with Crippen molar-refractivity contribution in [3.8, 4) is 22.9 Å². The zero-order valence-electron chi connectivity index (χ0n) is 20.7. The number of methoxy groups -OCH3 is 1. The Morgan fingerprint density at radius 3 is 2.82 bits per heavy atom. The molecule has 6 rings (SSSR count). The highest BCUT2D eigenvalue weighted by atomic mass is 19.1. The standard InChI is InChI=1S/C26H26F2N6O4/c1-37-22-9-16(17(28)13-29-22)19-10-20(33-32-19)25(36)34-6-2-14(11-26(34)4-5-26)24(35)31-18-3-7-38-21-8-15(27)12-30-23(18)21/h8-10,12-14,18H,2-7,11H2,1H3,(H,31,35)(H,32,33)/t14-,18?/m0/s1. The van der Waals surface area contributed by atoms with Crippen LogP contribution in [0.3, 0.4) is 0 Å². The van der Waals surface area contributed by atoms with Gasteiger partial charge in [-0.2, -0.15) is 5.10 Å². The highest BCUT2D eigenvalue weighted by Gasteiger charge is 2.54. The lowest BCUT2D eigenvalue weighted by Crippen LogP contribution is -2.51. The second kappa shape index (κ2) is 9.34. The minimum Gasteiger partial charge on any atom is -0.491 e. The third-order valence-electron chi connectivity index (χ3n) is 7.63. The van der Waals surface area contributed by atoms with Crippen LogP contribution >= 0.6 is 0 Å². The zero-order valence-corrected chi connectivity index (χ0v) is 20.7. The van der Waals surface area contributed by atoms with Crippen molar-refractivity contribution >= 4 is 11.8 Å². The van der Waals surface area contributed by atoms with E-state index in [1.807, 2.05) is 4.90 Å². The number of ether oxygens (including phenoxy) is 2. The van der Waals surface area contributed by atoms with Gasteiger partial charge < -0.3 is 19.7 Å². The molecular formula is C26H26F2N6O4. The van der Waals surface area contributed by atoms with Crippen LogP contribution in [0, 0.1) is 17.6 Å². The summed E-state index contributed by atoms with van der Waals surface area (Å²) in [5.74, 6) is -1.06. The van der Waals surface area contributed by atoms with Crippen LogP contribution in [-0.4, -0.2) is 62.7 Å². The number of carbonyl (C=O) groups is 2. The van der Waals surface area contributed by atoms with Gasteiger partial charge >= 0.3 is 0 Å². The molecule has 3 aliphatic rings. The van der Waals surface area contributed by atoms with E-state index >= 15 is 0 Å². The summed E-state index contributed by atoms with van der Waals surface area (Å²) < 4.78 is 38.4. The van der Waals surface area contributed by atoms with Crippen molar-refractivity contribution in [3.05, 3.63) is 53.6 Å². The minimum atomic E-state index is -0.575. The van der Waals surface area contributed by atoms with E-state index in [2.05, 4.69) is 25.5 Å². The summed E-state index contributed by atoms with van der Waals surface area (Å²) in [6, 6.07) is 3.88. The smallest absolute Gasteiger partial charge is 0.272 e. The van der Waals surface area contributed by atoms with Gasteiger partial charge in [-0.1, -0.05) is 0 Å². The Bertz CT molecular complexity index is 1410. The number of aromatic amines is 1. The Hall–Kier alpha value is -4.09. The normalized spacial score (nSPS) is 21.4. The summed E-state index contributed by atoms with van der Waals surface area (Å²) in [6.07, 6.45) is 5.38. The van der Waals surface area contributed by atoms with Crippen molar-refractivity contribution in [3.63, 3.8) is 0 Å². The fourth-order valence-corrected chi connectivity index (χ4v) is 5.46. The number of H-pyrrole nitrogens is 1. The van der Waals surface area contributed by atoms with Crippen LogP contribution in [-0.2, 0) is 4.79 Å². The van der Waals surface area contributed by atoms with Crippen molar-refractivity contribution in [1.29, 1.82) is 0 Å². The number of rotatable bonds is 5. The Morgan fingerprint density at radius 1 is 1.18 bits per heavy atom. The van der Waals surface area contributed by atoms with Crippen molar-refractivity contribution in [2.75, 3.05) is 20.3 Å². The number of piperidine rings is 1. The number of hydrogen-bond acceptors (Lipinski definition) is 7. The van der Waals surface area contributed by atoms with Gasteiger partial charge in [-0.15, -0.1) is 0 Å².